The molecular formula is C15H15BrN2O2. The van der Waals surface area contributed by atoms with Crippen LogP contribution in [0, 0.1) is 0 Å². The van der Waals surface area contributed by atoms with Crippen LogP contribution in [0.1, 0.15) is 6.42 Å². The van der Waals surface area contributed by atoms with Gasteiger partial charge in [0, 0.05) is 10.2 Å². The lowest BCUT2D eigenvalue weighted by molar-refractivity contribution is -0.116. The molecule has 0 aromatic heterocycles. The van der Waals surface area contributed by atoms with E-state index in [0.717, 1.165) is 10.2 Å². The van der Waals surface area contributed by atoms with Crippen molar-refractivity contribution in [3.8, 4) is 5.75 Å². The maximum absolute atomic E-state index is 11.8. The van der Waals surface area contributed by atoms with Gasteiger partial charge in [0.1, 0.15) is 5.75 Å². The van der Waals surface area contributed by atoms with Gasteiger partial charge in [0.25, 0.3) is 0 Å². The molecule has 104 valence electrons. The van der Waals surface area contributed by atoms with Crippen molar-refractivity contribution < 1.29 is 9.53 Å². The highest BCUT2D eigenvalue weighted by Gasteiger charge is 2.06. The summed E-state index contributed by atoms with van der Waals surface area (Å²) in [5.41, 5.74) is 6.95. The Morgan fingerprint density at radius 2 is 1.95 bits per heavy atom. The standard InChI is InChI=1S/C15H15BrN2O2/c16-13-7-6-11(17)10-14(13)18-15(19)8-9-20-12-4-2-1-3-5-12/h1-7,10H,8-9,17H2,(H,18,19). The SMILES string of the molecule is Nc1ccc(Br)c(NC(=O)CCOc2ccccc2)c1. The molecule has 3 N–H and O–H groups in total. The quantitative estimate of drug-likeness (QED) is 0.823. The van der Waals surface area contributed by atoms with Crippen LogP contribution in [0.5, 0.6) is 5.75 Å². The van der Waals surface area contributed by atoms with Crippen molar-refractivity contribution in [2.45, 2.75) is 6.42 Å². The molecule has 0 aliphatic rings. The van der Waals surface area contributed by atoms with Crippen LogP contribution in [0.15, 0.2) is 53.0 Å². The zero-order valence-corrected chi connectivity index (χ0v) is 12.4. The summed E-state index contributed by atoms with van der Waals surface area (Å²) in [5.74, 6) is 0.637. The molecule has 20 heavy (non-hydrogen) atoms. The number of carbonyl (C=O) groups is 1. The fraction of sp³-hybridized carbons (Fsp3) is 0.133. The number of carbonyl (C=O) groups excluding carboxylic acids is 1. The molecule has 0 bridgehead atoms. The molecule has 1 amide bonds. The van der Waals surface area contributed by atoms with Crippen molar-refractivity contribution in [3.05, 3.63) is 53.0 Å². The van der Waals surface area contributed by atoms with Crippen LogP contribution in [0.3, 0.4) is 0 Å². The van der Waals surface area contributed by atoms with Gasteiger partial charge in [-0.05, 0) is 46.3 Å². The van der Waals surface area contributed by atoms with E-state index in [4.69, 9.17) is 10.5 Å². The van der Waals surface area contributed by atoms with Gasteiger partial charge in [-0.15, -0.1) is 0 Å². The van der Waals surface area contributed by atoms with E-state index in [-0.39, 0.29) is 12.3 Å². The number of hydrogen-bond donors (Lipinski definition) is 2. The third kappa shape index (κ3) is 4.28. The number of para-hydroxylation sites is 1. The van der Waals surface area contributed by atoms with Crippen molar-refractivity contribution in [1.82, 2.24) is 0 Å². The van der Waals surface area contributed by atoms with E-state index >= 15 is 0 Å². The summed E-state index contributed by atoms with van der Waals surface area (Å²) in [4.78, 5) is 11.8. The van der Waals surface area contributed by atoms with Crippen LogP contribution in [0.25, 0.3) is 0 Å². The molecular weight excluding hydrogens is 320 g/mol. The van der Waals surface area contributed by atoms with E-state index < -0.39 is 0 Å². The summed E-state index contributed by atoms with van der Waals surface area (Å²) in [6.45, 7) is 0.329. The van der Waals surface area contributed by atoms with E-state index in [1.54, 1.807) is 18.2 Å². The Balaban J connectivity index is 1.82. The molecule has 0 aliphatic heterocycles. The summed E-state index contributed by atoms with van der Waals surface area (Å²) in [5, 5.41) is 2.79. The molecule has 2 rings (SSSR count). The fourth-order valence-electron chi connectivity index (χ4n) is 1.63. The molecule has 0 spiro atoms. The summed E-state index contributed by atoms with van der Waals surface area (Å²) in [6.07, 6.45) is 0.274. The van der Waals surface area contributed by atoms with Crippen molar-refractivity contribution in [2.24, 2.45) is 0 Å². The van der Waals surface area contributed by atoms with Crippen molar-refractivity contribution in [1.29, 1.82) is 0 Å². The van der Waals surface area contributed by atoms with E-state index in [1.807, 2.05) is 30.3 Å². The lowest BCUT2D eigenvalue weighted by Crippen LogP contribution is -2.15. The molecule has 5 heteroatoms. The maximum Gasteiger partial charge on any atom is 0.227 e. The Hall–Kier alpha value is -2.01. The molecule has 0 atom stereocenters. The number of benzene rings is 2. The van der Waals surface area contributed by atoms with Crippen molar-refractivity contribution >= 4 is 33.2 Å². The summed E-state index contributed by atoms with van der Waals surface area (Å²) in [7, 11) is 0. The van der Waals surface area contributed by atoms with Crippen LogP contribution >= 0.6 is 15.9 Å². The van der Waals surface area contributed by atoms with Gasteiger partial charge in [-0.2, -0.15) is 0 Å². The van der Waals surface area contributed by atoms with Crippen LogP contribution < -0.4 is 15.8 Å². The smallest absolute Gasteiger partial charge is 0.227 e. The highest BCUT2D eigenvalue weighted by molar-refractivity contribution is 9.10. The number of nitrogens with one attached hydrogen (secondary N) is 1. The first kappa shape index (κ1) is 14.4. The number of ether oxygens (including phenoxy) is 1. The Labute approximate surface area is 126 Å². The number of amides is 1. The van der Waals surface area contributed by atoms with Gasteiger partial charge in [0.15, 0.2) is 0 Å². The van der Waals surface area contributed by atoms with Gasteiger partial charge in [-0.25, -0.2) is 0 Å². The first-order chi connectivity index (χ1) is 9.65. The average Bonchev–Trinajstić information content (AvgIpc) is 2.44. The van der Waals surface area contributed by atoms with Crippen LogP contribution in [-0.2, 0) is 4.79 Å². The highest BCUT2D eigenvalue weighted by Crippen LogP contribution is 2.24. The molecule has 0 aliphatic carbocycles. The van der Waals surface area contributed by atoms with Gasteiger partial charge in [0.05, 0.1) is 18.7 Å². The van der Waals surface area contributed by atoms with Crippen LogP contribution in [-0.4, -0.2) is 12.5 Å². The number of hydrogen-bond acceptors (Lipinski definition) is 3. The first-order valence-electron chi connectivity index (χ1n) is 6.18. The molecule has 0 radical (unpaired) electrons. The predicted molar refractivity (Wildman–Crippen MR) is 83.7 cm³/mol. The minimum absolute atomic E-state index is 0.118. The van der Waals surface area contributed by atoms with Crippen molar-refractivity contribution in [3.63, 3.8) is 0 Å². The summed E-state index contributed by atoms with van der Waals surface area (Å²) in [6, 6.07) is 14.7. The highest BCUT2D eigenvalue weighted by atomic mass is 79.9. The lowest BCUT2D eigenvalue weighted by atomic mass is 10.2. The van der Waals surface area contributed by atoms with Gasteiger partial charge in [-0.3, -0.25) is 4.79 Å². The monoisotopic (exact) mass is 334 g/mol. The molecule has 0 unspecified atom stereocenters. The largest absolute Gasteiger partial charge is 0.493 e. The molecule has 2 aromatic carbocycles. The van der Waals surface area contributed by atoms with Gasteiger partial charge >= 0.3 is 0 Å². The number of anilines is 2. The zero-order chi connectivity index (χ0) is 14.4. The average molecular weight is 335 g/mol. The van der Waals surface area contributed by atoms with Gasteiger partial charge in [0.2, 0.25) is 5.91 Å². The number of halogens is 1. The Kier molecular flexibility index (Phi) is 5.01. The fourth-order valence-corrected chi connectivity index (χ4v) is 1.98. The topological polar surface area (TPSA) is 64.3 Å². The van der Waals surface area contributed by atoms with Gasteiger partial charge in [-0.1, -0.05) is 18.2 Å². The second kappa shape index (κ2) is 6.96. The number of nitrogen functional groups attached to an aromatic ring is 1. The zero-order valence-electron chi connectivity index (χ0n) is 10.8. The minimum atomic E-state index is -0.118. The first-order valence-corrected chi connectivity index (χ1v) is 6.97. The molecule has 0 saturated heterocycles. The van der Waals surface area contributed by atoms with E-state index in [0.29, 0.717) is 18.0 Å². The number of nitrogens with two attached hydrogens (primary N) is 1. The van der Waals surface area contributed by atoms with Crippen LogP contribution in [0.2, 0.25) is 0 Å². The molecule has 4 nitrogen and oxygen atoms in total. The second-order valence-electron chi connectivity index (χ2n) is 4.20. The van der Waals surface area contributed by atoms with E-state index in [9.17, 15) is 4.79 Å². The molecule has 2 aromatic rings. The summed E-state index contributed by atoms with van der Waals surface area (Å²) >= 11 is 3.36. The molecule has 0 heterocycles. The van der Waals surface area contributed by atoms with Crippen LogP contribution in [0.4, 0.5) is 11.4 Å². The molecule has 0 saturated carbocycles. The Morgan fingerprint density at radius 1 is 1.20 bits per heavy atom. The number of rotatable bonds is 5. The summed E-state index contributed by atoms with van der Waals surface area (Å²) < 4.78 is 6.27. The van der Waals surface area contributed by atoms with Gasteiger partial charge < -0.3 is 15.8 Å². The third-order valence-electron chi connectivity index (χ3n) is 2.61. The van der Waals surface area contributed by atoms with E-state index in [1.165, 1.54) is 0 Å². The third-order valence-corrected chi connectivity index (χ3v) is 3.30. The normalized spacial score (nSPS) is 10.1. The van der Waals surface area contributed by atoms with E-state index in [2.05, 4.69) is 21.2 Å². The predicted octanol–water partition coefficient (Wildman–Crippen LogP) is 3.44. The maximum atomic E-state index is 11.8. The lowest BCUT2D eigenvalue weighted by Gasteiger charge is -2.09. The Bertz CT molecular complexity index is 588. The Morgan fingerprint density at radius 3 is 2.70 bits per heavy atom. The second-order valence-corrected chi connectivity index (χ2v) is 5.05. The minimum Gasteiger partial charge on any atom is -0.493 e. The van der Waals surface area contributed by atoms with Crippen molar-refractivity contribution in [2.75, 3.05) is 17.7 Å². The molecule has 0 fully saturated rings.